The van der Waals surface area contributed by atoms with Gasteiger partial charge in [0.2, 0.25) is 0 Å². The van der Waals surface area contributed by atoms with Crippen molar-refractivity contribution in [1.29, 1.82) is 5.26 Å². The number of hydrogen-bond donors (Lipinski definition) is 1. The second-order valence-electron chi connectivity index (χ2n) is 4.79. The van der Waals surface area contributed by atoms with Crippen LogP contribution in [0.5, 0.6) is 0 Å². The van der Waals surface area contributed by atoms with Crippen molar-refractivity contribution < 1.29 is 0 Å². The zero-order chi connectivity index (χ0) is 14.1. The third kappa shape index (κ3) is 5.42. The summed E-state index contributed by atoms with van der Waals surface area (Å²) in [5.41, 5.74) is 1.91. The molecule has 3 heteroatoms. The van der Waals surface area contributed by atoms with E-state index in [2.05, 4.69) is 43.1 Å². The first-order valence-corrected chi connectivity index (χ1v) is 7.17. The molecule has 1 N–H and O–H groups in total. The van der Waals surface area contributed by atoms with E-state index in [1.54, 1.807) is 0 Å². The fourth-order valence-corrected chi connectivity index (χ4v) is 2.16. The van der Waals surface area contributed by atoms with E-state index in [0.717, 1.165) is 38.2 Å². The highest BCUT2D eigenvalue weighted by Gasteiger charge is 2.05. The van der Waals surface area contributed by atoms with Crippen LogP contribution < -0.4 is 5.32 Å². The number of nitrogens with zero attached hydrogens (tertiary/aromatic N) is 2. The zero-order valence-corrected chi connectivity index (χ0v) is 12.3. The maximum absolute atomic E-state index is 8.90. The summed E-state index contributed by atoms with van der Waals surface area (Å²) in [6.07, 6.45) is 1.16. The quantitative estimate of drug-likeness (QED) is 0.730. The van der Waals surface area contributed by atoms with Crippen molar-refractivity contribution in [2.24, 2.45) is 0 Å². The summed E-state index contributed by atoms with van der Waals surface area (Å²) in [6, 6.07) is 10.3. The molecular weight excluding hydrogens is 234 g/mol. The third-order valence-electron chi connectivity index (χ3n) is 3.51. The Morgan fingerprint density at radius 2 is 2.05 bits per heavy atom. The molecule has 0 aliphatic carbocycles. The molecule has 3 nitrogen and oxygen atoms in total. The van der Waals surface area contributed by atoms with Gasteiger partial charge in [-0.3, -0.25) is 0 Å². The summed E-state index contributed by atoms with van der Waals surface area (Å²) < 4.78 is 0. The van der Waals surface area contributed by atoms with Crippen molar-refractivity contribution in [2.75, 3.05) is 26.2 Å². The highest BCUT2D eigenvalue weighted by atomic mass is 15.1. The smallest absolute Gasteiger partial charge is 0.0991 e. The Bertz CT molecular complexity index is 405. The molecule has 1 rings (SSSR count). The van der Waals surface area contributed by atoms with Gasteiger partial charge in [0.15, 0.2) is 0 Å². The molecule has 0 heterocycles. The van der Waals surface area contributed by atoms with E-state index in [1.807, 2.05) is 18.2 Å². The predicted octanol–water partition coefficient (Wildman–Crippen LogP) is 2.94. The van der Waals surface area contributed by atoms with Gasteiger partial charge in [0.25, 0.3) is 0 Å². The van der Waals surface area contributed by atoms with E-state index < -0.39 is 0 Å². The van der Waals surface area contributed by atoms with Gasteiger partial charge < -0.3 is 10.2 Å². The summed E-state index contributed by atoms with van der Waals surface area (Å²) in [5.74, 6) is 0. The van der Waals surface area contributed by atoms with Gasteiger partial charge in [0.1, 0.15) is 0 Å². The van der Waals surface area contributed by atoms with Crippen LogP contribution in [-0.4, -0.2) is 31.1 Å². The van der Waals surface area contributed by atoms with Crippen molar-refractivity contribution >= 4 is 0 Å². The minimum Gasteiger partial charge on any atom is -0.310 e. The molecule has 1 aromatic rings. The number of nitriles is 1. The van der Waals surface area contributed by atoms with Gasteiger partial charge in [-0.15, -0.1) is 0 Å². The molecule has 0 radical (unpaired) electrons. The fourth-order valence-electron chi connectivity index (χ4n) is 2.16. The first-order chi connectivity index (χ1) is 9.21. The fraction of sp³-hybridized carbons (Fsp3) is 0.562. The van der Waals surface area contributed by atoms with Crippen molar-refractivity contribution in [3.05, 3.63) is 35.4 Å². The monoisotopic (exact) mass is 259 g/mol. The molecule has 0 aliphatic rings. The molecular formula is C16H25N3. The second kappa shape index (κ2) is 8.68. The molecule has 0 spiro atoms. The first-order valence-electron chi connectivity index (χ1n) is 7.17. The molecule has 0 saturated heterocycles. The summed E-state index contributed by atoms with van der Waals surface area (Å²) in [7, 11) is 0. The van der Waals surface area contributed by atoms with Crippen LogP contribution in [0.4, 0.5) is 0 Å². The van der Waals surface area contributed by atoms with Crippen molar-refractivity contribution in [3.8, 4) is 6.07 Å². The van der Waals surface area contributed by atoms with E-state index in [4.69, 9.17) is 5.26 Å². The molecule has 104 valence electrons. The molecule has 0 bridgehead atoms. The molecule has 1 atom stereocenters. The Morgan fingerprint density at radius 3 is 2.68 bits per heavy atom. The highest BCUT2D eigenvalue weighted by molar-refractivity contribution is 5.33. The minimum absolute atomic E-state index is 0.296. The van der Waals surface area contributed by atoms with E-state index >= 15 is 0 Å². The Hall–Kier alpha value is -1.37. The largest absolute Gasteiger partial charge is 0.310 e. The molecule has 0 amide bonds. The Morgan fingerprint density at radius 1 is 1.32 bits per heavy atom. The summed E-state index contributed by atoms with van der Waals surface area (Å²) >= 11 is 0. The number of hydrogen-bond acceptors (Lipinski definition) is 3. The van der Waals surface area contributed by atoms with E-state index in [-0.39, 0.29) is 0 Å². The maximum Gasteiger partial charge on any atom is 0.0991 e. The standard InChI is InChI=1S/C16H25N3/c1-4-19(5-2)11-7-10-18-14(3)16-9-6-8-15(12-16)13-17/h6,8-9,12,14,18H,4-5,7,10-11H2,1-3H3. The molecule has 0 aromatic heterocycles. The lowest BCUT2D eigenvalue weighted by Crippen LogP contribution is -2.28. The lowest BCUT2D eigenvalue weighted by molar-refractivity contribution is 0.296. The van der Waals surface area contributed by atoms with Gasteiger partial charge in [-0.1, -0.05) is 26.0 Å². The van der Waals surface area contributed by atoms with E-state index in [1.165, 1.54) is 5.56 Å². The lowest BCUT2D eigenvalue weighted by Gasteiger charge is -2.19. The van der Waals surface area contributed by atoms with Gasteiger partial charge in [-0.2, -0.15) is 5.26 Å². The zero-order valence-electron chi connectivity index (χ0n) is 12.3. The van der Waals surface area contributed by atoms with Gasteiger partial charge in [-0.05, 0) is 57.2 Å². The summed E-state index contributed by atoms with van der Waals surface area (Å²) in [5, 5.41) is 12.4. The highest BCUT2D eigenvalue weighted by Crippen LogP contribution is 2.13. The third-order valence-corrected chi connectivity index (χ3v) is 3.51. The lowest BCUT2D eigenvalue weighted by atomic mass is 10.1. The van der Waals surface area contributed by atoms with Crippen molar-refractivity contribution in [1.82, 2.24) is 10.2 Å². The van der Waals surface area contributed by atoms with Crippen LogP contribution >= 0.6 is 0 Å². The van der Waals surface area contributed by atoms with Crippen LogP contribution in [0.3, 0.4) is 0 Å². The van der Waals surface area contributed by atoms with Gasteiger partial charge in [0.05, 0.1) is 11.6 Å². The van der Waals surface area contributed by atoms with Crippen LogP contribution in [0.1, 0.15) is 44.4 Å². The molecule has 1 aromatic carbocycles. The van der Waals surface area contributed by atoms with E-state index in [9.17, 15) is 0 Å². The van der Waals surface area contributed by atoms with Crippen LogP contribution in [0.25, 0.3) is 0 Å². The van der Waals surface area contributed by atoms with Gasteiger partial charge in [-0.25, -0.2) is 0 Å². The SMILES string of the molecule is CCN(CC)CCCNC(C)c1cccc(C#N)c1. The topological polar surface area (TPSA) is 39.1 Å². The van der Waals surface area contributed by atoms with Crippen LogP contribution in [-0.2, 0) is 0 Å². The first kappa shape index (κ1) is 15.7. The minimum atomic E-state index is 0.296. The average Bonchev–Trinajstić information content (AvgIpc) is 2.47. The Labute approximate surface area is 117 Å². The molecule has 1 unspecified atom stereocenters. The number of nitrogens with one attached hydrogen (secondary N) is 1. The normalized spacial score (nSPS) is 12.4. The molecule has 0 aliphatic heterocycles. The van der Waals surface area contributed by atoms with E-state index in [0.29, 0.717) is 6.04 Å². The number of rotatable bonds is 8. The second-order valence-corrected chi connectivity index (χ2v) is 4.79. The van der Waals surface area contributed by atoms with Crippen LogP contribution in [0, 0.1) is 11.3 Å². The van der Waals surface area contributed by atoms with Crippen molar-refractivity contribution in [2.45, 2.75) is 33.2 Å². The Kier molecular flexibility index (Phi) is 7.17. The molecule has 0 fully saturated rings. The molecule has 19 heavy (non-hydrogen) atoms. The van der Waals surface area contributed by atoms with Gasteiger partial charge >= 0.3 is 0 Å². The van der Waals surface area contributed by atoms with Crippen LogP contribution in [0.15, 0.2) is 24.3 Å². The predicted molar refractivity (Wildman–Crippen MR) is 80.0 cm³/mol. The maximum atomic E-state index is 8.90. The van der Waals surface area contributed by atoms with Gasteiger partial charge in [0, 0.05) is 6.04 Å². The summed E-state index contributed by atoms with van der Waals surface area (Å²) in [6.45, 7) is 10.9. The Balaban J connectivity index is 2.35. The summed E-state index contributed by atoms with van der Waals surface area (Å²) in [4.78, 5) is 2.43. The number of benzene rings is 1. The van der Waals surface area contributed by atoms with Crippen molar-refractivity contribution in [3.63, 3.8) is 0 Å². The molecule has 0 saturated carbocycles. The van der Waals surface area contributed by atoms with Crippen LogP contribution in [0.2, 0.25) is 0 Å². The average molecular weight is 259 g/mol.